The highest BCUT2D eigenvalue weighted by Gasteiger charge is 2.23. The third kappa shape index (κ3) is 10.1. The zero-order valence-corrected chi connectivity index (χ0v) is 27.2. The lowest BCUT2D eigenvalue weighted by molar-refractivity contribution is -0.111. The summed E-state index contributed by atoms with van der Waals surface area (Å²) in [5.74, 6) is 0.742. The largest absolute Gasteiger partial charge is 0.367 e. The summed E-state index contributed by atoms with van der Waals surface area (Å²) in [7, 11) is 3.86. The van der Waals surface area contributed by atoms with Crippen LogP contribution in [0.25, 0.3) is 11.3 Å². The van der Waals surface area contributed by atoms with Gasteiger partial charge in [-0.1, -0.05) is 35.9 Å². The van der Waals surface area contributed by atoms with Gasteiger partial charge in [-0.05, 0) is 99.9 Å². The number of likely N-dealkylation sites (N-methyl/N-ethyl adjacent to an activating group) is 1. The van der Waals surface area contributed by atoms with Crippen LogP contribution in [-0.4, -0.2) is 59.4 Å². The molecule has 244 valence electrons. The van der Waals surface area contributed by atoms with Crippen molar-refractivity contribution in [1.29, 1.82) is 0 Å². The minimum atomic E-state index is -0.275. The van der Waals surface area contributed by atoms with E-state index in [1.165, 1.54) is 18.2 Å². The predicted molar refractivity (Wildman–Crippen MR) is 186 cm³/mol. The highest BCUT2D eigenvalue weighted by atomic mass is 35.5. The molecule has 2 heterocycles. The monoisotopic (exact) mass is 655 g/mol. The van der Waals surface area contributed by atoms with Crippen molar-refractivity contribution < 1.29 is 14.0 Å². The fraction of sp³-hybridized carbons (Fsp3) is 0.278. The Morgan fingerprint density at radius 3 is 2.45 bits per heavy atom. The molecule has 11 heteroatoms. The molecule has 4 N–H and O–H groups in total. The molecule has 0 bridgehead atoms. The lowest BCUT2D eigenvalue weighted by atomic mass is 9.91. The van der Waals surface area contributed by atoms with Gasteiger partial charge in [0.1, 0.15) is 17.5 Å². The quantitative estimate of drug-likeness (QED) is 0.125. The van der Waals surface area contributed by atoms with Crippen molar-refractivity contribution in [1.82, 2.24) is 20.2 Å². The molecule has 2 amide bonds. The molecular weight excluding hydrogens is 617 g/mol. The van der Waals surface area contributed by atoms with Crippen LogP contribution in [0.1, 0.15) is 41.6 Å². The summed E-state index contributed by atoms with van der Waals surface area (Å²) in [6.07, 6.45) is 8.32. The molecule has 0 saturated heterocycles. The number of carbonyl (C=O) groups is 2. The van der Waals surface area contributed by atoms with Gasteiger partial charge in [0, 0.05) is 54.3 Å². The lowest BCUT2D eigenvalue weighted by Gasteiger charge is -2.30. The molecule has 2 aromatic carbocycles. The summed E-state index contributed by atoms with van der Waals surface area (Å²) < 4.78 is 13.5. The third-order valence-electron chi connectivity index (χ3n) is 7.81. The fourth-order valence-corrected chi connectivity index (χ4v) is 5.56. The van der Waals surface area contributed by atoms with Gasteiger partial charge in [-0.2, -0.15) is 0 Å². The number of nitrogens with one attached hydrogen (secondary N) is 4. The molecule has 1 aliphatic rings. The first-order chi connectivity index (χ1) is 22.7. The molecule has 0 atom stereocenters. The fourth-order valence-electron chi connectivity index (χ4n) is 5.36. The molecule has 1 fully saturated rings. The molecule has 0 aliphatic heterocycles. The Hall–Kier alpha value is -4.80. The van der Waals surface area contributed by atoms with Gasteiger partial charge in [0.05, 0.1) is 10.7 Å². The number of rotatable bonds is 12. The average molecular weight is 656 g/mol. The van der Waals surface area contributed by atoms with Crippen molar-refractivity contribution in [2.45, 2.75) is 44.3 Å². The maximum atomic E-state index is 13.5. The number of hydrogen-bond acceptors (Lipinski definition) is 7. The SMILES string of the molecule is CN(C)C/C=C\C(=O)Nc1ccc(C(=O)NC2CCC(Nc3cc(-c4cccc(NCc5cccc(F)c5)n4)c(Cl)cn3)CC2)cc1. The van der Waals surface area contributed by atoms with Crippen LogP contribution in [0.4, 0.5) is 21.7 Å². The van der Waals surface area contributed by atoms with Crippen LogP contribution in [0.3, 0.4) is 0 Å². The van der Waals surface area contributed by atoms with Gasteiger partial charge in [-0.25, -0.2) is 14.4 Å². The predicted octanol–water partition coefficient (Wildman–Crippen LogP) is 6.76. The molecule has 1 saturated carbocycles. The Morgan fingerprint density at radius 1 is 0.957 bits per heavy atom. The number of benzene rings is 2. The second-order valence-corrected chi connectivity index (χ2v) is 12.2. The summed E-state index contributed by atoms with van der Waals surface area (Å²) in [4.78, 5) is 36.1. The molecular formula is C36H39ClFN7O2. The summed E-state index contributed by atoms with van der Waals surface area (Å²) in [6.45, 7) is 1.12. The number of anilines is 3. The molecule has 0 spiro atoms. The van der Waals surface area contributed by atoms with Crippen molar-refractivity contribution >= 4 is 40.7 Å². The van der Waals surface area contributed by atoms with E-state index >= 15 is 0 Å². The van der Waals surface area contributed by atoms with E-state index in [4.69, 9.17) is 16.6 Å². The van der Waals surface area contributed by atoms with Gasteiger partial charge in [0.2, 0.25) is 5.91 Å². The summed E-state index contributed by atoms with van der Waals surface area (Å²) in [5.41, 5.74) is 3.45. The van der Waals surface area contributed by atoms with Crippen molar-refractivity contribution in [2.24, 2.45) is 0 Å². The van der Waals surface area contributed by atoms with Crippen molar-refractivity contribution in [2.75, 3.05) is 36.6 Å². The maximum Gasteiger partial charge on any atom is 0.251 e. The zero-order valence-electron chi connectivity index (χ0n) is 26.5. The first kappa shape index (κ1) is 33.6. The van der Waals surface area contributed by atoms with E-state index in [9.17, 15) is 14.0 Å². The van der Waals surface area contributed by atoms with Crippen LogP contribution in [0.2, 0.25) is 5.02 Å². The lowest BCUT2D eigenvalue weighted by Crippen LogP contribution is -2.40. The van der Waals surface area contributed by atoms with Gasteiger partial charge in [-0.3, -0.25) is 9.59 Å². The van der Waals surface area contributed by atoms with E-state index in [2.05, 4.69) is 26.3 Å². The number of carbonyl (C=O) groups excluding carboxylic acids is 2. The van der Waals surface area contributed by atoms with Crippen molar-refractivity contribution in [3.63, 3.8) is 0 Å². The van der Waals surface area contributed by atoms with E-state index in [1.54, 1.807) is 42.6 Å². The Labute approximate surface area is 279 Å². The van der Waals surface area contributed by atoms with E-state index in [0.717, 1.165) is 36.8 Å². The molecule has 1 aliphatic carbocycles. The van der Waals surface area contributed by atoms with E-state index in [-0.39, 0.29) is 29.7 Å². The highest BCUT2D eigenvalue weighted by molar-refractivity contribution is 6.33. The topological polar surface area (TPSA) is 111 Å². The molecule has 2 aromatic heterocycles. The average Bonchev–Trinajstić information content (AvgIpc) is 3.06. The summed E-state index contributed by atoms with van der Waals surface area (Å²) in [5, 5.41) is 13.2. The minimum Gasteiger partial charge on any atom is -0.367 e. The van der Waals surface area contributed by atoms with Crippen LogP contribution in [0, 0.1) is 5.82 Å². The molecule has 9 nitrogen and oxygen atoms in total. The normalized spacial score (nSPS) is 16.2. The Bertz CT molecular complexity index is 1710. The van der Waals surface area contributed by atoms with Crippen molar-refractivity contribution in [3.05, 3.63) is 113 Å². The van der Waals surface area contributed by atoms with E-state index < -0.39 is 0 Å². The summed E-state index contributed by atoms with van der Waals surface area (Å²) >= 11 is 6.54. The maximum absolute atomic E-state index is 13.5. The van der Waals surface area contributed by atoms with Gasteiger partial charge >= 0.3 is 0 Å². The molecule has 4 aromatic rings. The first-order valence-electron chi connectivity index (χ1n) is 15.6. The number of pyridine rings is 2. The van der Waals surface area contributed by atoms with Gasteiger partial charge in [-0.15, -0.1) is 0 Å². The Balaban J connectivity index is 1.10. The van der Waals surface area contributed by atoms with Crippen LogP contribution >= 0.6 is 11.6 Å². The number of aromatic nitrogens is 2. The van der Waals surface area contributed by atoms with Crippen LogP contribution in [-0.2, 0) is 11.3 Å². The highest BCUT2D eigenvalue weighted by Crippen LogP contribution is 2.30. The summed E-state index contributed by atoms with van der Waals surface area (Å²) in [6, 6.07) is 21.2. The van der Waals surface area contributed by atoms with Crippen molar-refractivity contribution in [3.8, 4) is 11.3 Å². The van der Waals surface area contributed by atoms with E-state index in [0.29, 0.717) is 46.7 Å². The molecule has 0 radical (unpaired) electrons. The molecule has 5 rings (SSSR count). The molecule has 47 heavy (non-hydrogen) atoms. The Kier molecular flexibility index (Phi) is 11.5. The second-order valence-electron chi connectivity index (χ2n) is 11.8. The standard InChI is InChI=1S/C36H39ClFN7O2/c1-45(2)19-5-10-35(46)42-28-13-11-25(12-14-28)36(47)43-29-17-15-27(16-18-29)41-34-21-30(31(37)23-40-34)32-8-4-9-33(44-32)39-22-24-6-3-7-26(38)20-24/h3-14,20-21,23,27,29H,15-19,22H2,1-2H3,(H,39,44)(H,40,41)(H,42,46)(H,43,47)/b10-5-. The first-order valence-corrected chi connectivity index (χ1v) is 16.0. The van der Waals surface area contributed by atoms with Gasteiger partial charge in [0.25, 0.3) is 5.91 Å². The zero-order chi connectivity index (χ0) is 33.2. The number of nitrogens with zero attached hydrogens (tertiary/aromatic N) is 3. The van der Waals surface area contributed by atoms with Crippen LogP contribution in [0.5, 0.6) is 0 Å². The number of halogens is 2. The minimum absolute atomic E-state index is 0.0716. The Morgan fingerprint density at radius 2 is 1.70 bits per heavy atom. The number of amides is 2. The van der Waals surface area contributed by atoms with Gasteiger partial charge in [0.15, 0.2) is 0 Å². The van der Waals surface area contributed by atoms with Crippen LogP contribution in [0.15, 0.2) is 91.1 Å². The second kappa shape index (κ2) is 16.2. The van der Waals surface area contributed by atoms with Gasteiger partial charge < -0.3 is 26.2 Å². The molecule has 0 unspecified atom stereocenters. The third-order valence-corrected chi connectivity index (χ3v) is 8.11. The van der Waals surface area contributed by atoms with Crippen LogP contribution < -0.4 is 21.3 Å². The number of hydrogen-bond donors (Lipinski definition) is 4. The van der Waals surface area contributed by atoms with E-state index in [1.807, 2.05) is 49.3 Å². The smallest absolute Gasteiger partial charge is 0.251 e.